The maximum Gasteiger partial charge on any atom is 0.139 e. The quantitative estimate of drug-likeness (QED) is 0.893. The van der Waals surface area contributed by atoms with Crippen LogP contribution in [0.15, 0.2) is 42.6 Å². The van der Waals surface area contributed by atoms with Gasteiger partial charge in [-0.25, -0.2) is 9.97 Å². The molecule has 0 aliphatic heterocycles. The summed E-state index contributed by atoms with van der Waals surface area (Å²) in [6, 6.07) is 12.4. The largest absolute Gasteiger partial charge is 0.325 e. The Bertz CT molecular complexity index is 519. The summed E-state index contributed by atoms with van der Waals surface area (Å²) in [5, 5.41) is 0. The van der Waals surface area contributed by atoms with E-state index in [-0.39, 0.29) is 5.41 Å². The second kappa shape index (κ2) is 5.93. The lowest BCUT2D eigenvalue weighted by molar-refractivity contribution is 0.447. The third-order valence-electron chi connectivity index (χ3n) is 3.88. The van der Waals surface area contributed by atoms with Gasteiger partial charge < -0.3 is 5.73 Å². The van der Waals surface area contributed by atoms with Gasteiger partial charge in [0.05, 0.1) is 11.1 Å². The van der Waals surface area contributed by atoms with E-state index < -0.39 is 0 Å². The van der Waals surface area contributed by atoms with Crippen LogP contribution in [0.1, 0.15) is 43.8 Å². The Morgan fingerprint density at radius 2 is 1.74 bits per heavy atom. The topological polar surface area (TPSA) is 51.8 Å². The van der Waals surface area contributed by atoms with E-state index in [2.05, 4.69) is 48.1 Å². The Hall–Kier alpha value is -1.74. The highest BCUT2D eigenvalue weighted by atomic mass is 14.9. The molecule has 0 fully saturated rings. The zero-order chi connectivity index (χ0) is 13.7. The Morgan fingerprint density at radius 1 is 1.05 bits per heavy atom. The standard InChI is InChI=1S/C16H21N3/c1-3-16(4-2,13-8-6-5-7-9-13)15-18-11-10-14(12-17)19-15/h5-11H,3-4,12,17H2,1-2H3. The van der Waals surface area contributed by atoms with Crippen molar-refractivity contribution in [3.8, 4) is 0 Å². The highest BCUT2D eigenvalue weighted by Crippen LogP contribution is 2.36. The lowest BCUT2D eigenvalue weighted by Crippen LogP contribution is -2.29. The van der Waals surface area contributed by atoms with Crippen molar-refractivity contribution in [1.82, 2.24) is 9.97 Å². The first kappa shape index (κ1) is 13.7. The molecule has 19 heavy (non-hydrogen) atoms. The SMILES string of the molecule is CCC(CC)(c1ccccc1)c1nccc(CN)n1. The number of nitrogens with zero attached hydrogens (tertiary/aromatic N) is 2. The summed E-state index contributed by atoms with van der Waals surface area (Å²) < 4.78 is 0. The zero-order valence-corrected chi connectivity index (χ0v) is 11.6. The van der Waals surface area contributed by atoms with Crippen LogP contribution < -0.4 is 5.73 Å². The fourth-order valence-electron chi connectivity index (χ4n) is 2.60. The van der Waals surface area contributed by atoms with Crippen LogP contribution in [-0.4, -0.2) is 9.97 Å². The number of hydrogen-bond acceptors (Lipinski definition) is 3. The molecule has 0 aliphatic rings. The third kappa shape index (κ3) is 2.51. The molecule has 0 saturated carbocycles. The molecule has 2 rings (SSSR count). The van der Waals surface area contributed by atoms with Gasteiger partial charge in [0.25, 0.3) is 0 Å². The summed E-state index contributed by atoms with van der Waals surface area (Å²) in [5.41, 5.74) is 7.74. The van der Waals surface area contributed by atoms with Crippen LogP contribution in [0.5, 0.6) is 0 Å². The number of hydrogen-bond donors (Lipinski definition) is 1. The molecule has 0 bridgehead atoms. The molecule has 0 atom stereocenters. The first-order valence-corrected chi connectivity index (χ1v) is 6.84. The molecular formula is C16H21N3. The molecule has 0 saturated heterocycles. The minimum Gasteiger partial charge on any atom is -0.325 e. The van der Waals surface area contributed by atoms with Crippen molar-refractivity contribution in [1.29, 1.82) is 0 Å². The summed E-state index contributed by atoms with van der Waals surface area (Å²) in [6.07, 6.45) is 3.76. The molecule has 2 N–H and O–H groups in total. The van der Waals surface area contributed by atoms with Crippen LogP contribution in [0.25, 0.3) is 0 Å². The first-order valence-electron chi connectivity index (χ1n) is 6.84. The van der Waals surface area contributed by atoms with E-state index in [1.54, 1.807) is 0 Å². The highest BCUT2D eigenvalue weighted by molar-refractivity contribution is 5.32. The first-order chi connectivity index (χ1) is 9.26. The summed E-state index contributed by atoms with van der Waals surface area (Å²) in [6.45, 7) is 4.83. The van der Waals surface area contributed by atoms with Crippen molar-refractivity contribution in [2.45, 2.75) is 38.6 Å². The molecule has 1 aromatic carbocycles. The van der Waals surface area contributed by atoms with Gasteiger partial charge in [0.15, 0.2) is 0 Å². The van der Waals surface area contributed by atoms with Crippen molar-refractivity contribution in [3.05, 3.63) is 59.7 Å². The van der Waals surface area contributed by atoms with E-state index >= 15 is 0 Å². The molecule has 0 spiro atoms. The predicted octanol–water partition coefficient (Wildman–Crippen LogP) is 3.04. The van der Waals surface area contributed by atoms with Gasteiger partial charge in [-0.05, 0) is 24.5 Å². The average Bonchev–Trinajstić information content (AvgIpc) is 2.50. The van der Waals surface area contributed by atoms with Crippen LogP contribution in [0.2, 0.25) is 0 Å². The molecule has 3 nitrogen and oxygen atoms in total. The normalized spacial score (nSPS) is 11.5. The van der Waals surface area contributed by atoms with Crippen molar-refractivity contribution in [2.24, 2.45) is 5.73 Å². The van der Waals surface area contributed by atoms with E-state index in [4.69, 9.17) is 5.73 Å². The van der Waals surface area contributed by atoms with Crippen LogP contribution in [0, 0.1) is 0 Å². The van der Waals surface area contributed by atoms with Gasteiger partial charge in [0.1, 0.15) is 5.82 Å². The van der Waals surface area contributed by atoms with E-state index in [0.29, 0.717) is 6.54 Å². The van der Waals surface area contributed by atoms with Gasteiger partial charge in [0, 0.05) is 12.7 Å². The maximum absolute atomic E-state index is 5.69. The van der Waals surface area contributed by atoms with E-state index in [1.165, 1.54) is 5.56 Å². The Kier molecular flexibility index (Phi) is 4.27. The molecule has 1 heterocycles. The van der Waals surface area contributed by atoms with Crippen LogP contribution >= 0.6 is 0 Å². The maximum atomic E-state index is 5.69. The fourth-order valence-corrected chi connectivity index (χ4v) is 2.60. The molecule has 1 aromatic heterocycles. The molecule has 2 aromatic rings. The van der Waals surface area contributed by atoms with Crippen LogP contribution in [0.3, 0.4) is 0 Å². The number of benzene rings is 1. The van der Waals surface area contributed by atoms with Crippen molar-refractivity contribution < 1.29 is 0 Å². The summed E-state index contributed by atoms with van der Waals surface area (Å²) in [5.74, 6) is 0.881. The lowest BCUT2D eigenvalue weighted by Gasteiger charge is -2.31. The lowest BCUT2D eigenvalue weighted by atomic mass is 9.75. The van der Waals surface area contributed by atoms with Gasteiger partial charge in [0.2, 0.25) is 0 Å². The van der Waals surface area contributed by atoms with Crippen LogP contribution in [-0.2, 0) is 12.0 Å². The monoisotopic (exact) mass is 255 g/mol. The summed E-state index contributed by atoms with van der Waals surface area (Å²) >= 11 is 0. The minimum atomic E-state index is -0.119. The van der Waals surface area contributed by atoms with Gasteiger partial charge in [-0.2, -0.15) is 0 Å². The number of aromatic nitrogens is 2. The van der Waals surface area contributed by atoms with Gasteiger partial charge in [-0.1, -0.05) is 44.2 Å². The van der Waals surface area contributed by atoms with E-state index in [1.807, 2.05) is 18.3 Å². The second-order valence-electron chi connectivity index (χ2n) is 4.73. The molecule has 0 unspecified atom stereocenters. The van der Waals surface area contributed by atoms with Crippen LogP contribution in [0.4, 0.5) is 0 Å². The summed E-state index contributed by atoms with van der Waals surface area (Å²) in [4.78, 5) is 9.16. The fraction of sp³-hybridized carbons (Fsp3) is 0.375. The molecule has 3 heteroatoms. The molecular weight excluding hydrogens is 234 g/mol. The molecule has 0 amide bonds. The van der Waals surface area contributed by atoms with Gasteiger partial charge >= 0.3 is 0 Å². The smallest absolute Gasteiger partial charge is 0.139 e. The number of nitrogens with two attached hydrogens (primary N) is 1. The van der Waals surface area contributed by atoms with E-state index in [9.17, 15) is 0 Å². The third-order valence-corrected chi connectivity index (χ3v) is 3.88. The van der Waals surface area contributed by atoms with E-state index in [0.717, 1.165) is 24.4 Å². The van der Waals surface area contributed by atoms with Gasteiger partial charge in [-0.3, -0.25) is 0 Å². The van der Waals surface area contributed by atoms with Crippen molar-refractivity contribution in [3.63, 3.8) is 0 Å². The molecule has 0 aliphatic carbocycles. The zero-order valence-electron chi connectivity index (χ0n) is 11.6. The highest BCUT2D eigenvalue weighted by Gasteiger charge is 2.33. The Morgan fingerprint density at radius 3 is 2.32 bits per heavy atom. The predicted molar refractivity (Wildman–Crippen MR) is 77.7 cm³/mol. The second-order valence-corrected chi connectivity index (χ2v) is 4.73. The van der Waals surface area contributed by atoms with Crippen molar-refractivity contribution >= 4 is 0 Å². The Labute approximate surface area is 114 Å². The minimum absolute atomic E-state index is 0.119. The molecule has 100 valence electrons. The number of rotatable bonds is 5. The van der Waals surface area contributed by atoms with Crippen molar-refractivity contribution in [2.75, 3.05) is 0 Å². The molecule has 0 radical (unpaired) electrons. The van der Waals surface area contributed by atoms with Gasteiger partial charge in [-0.15, -0.1) is 0 Å². The summed E-state index contributed by atoms with van der Waals surface area (Å²) in [7, 11) is 0. The average molecular weight is 255 g/mol. The Balaban J connectivity index is 2.55.